The Bertz CT molecular complexity index is 2960. The lowest BCUT2D eigenvalue weighted by Gasteiger charge is -2.31. The molecular weight excluding hydrogens is 1090 g/mol. The first-order chi connectivity index (χ1) is 40.5. The van der Waals surface area contributed by atoms with Gasteiger partial charge in [-0.2, -0.15) is 0 Å². The molecule has 8 amide bonds. The van der Waals surface area contributed by atoms with Crippen molar-refractivity contribution >= 4 is 53.2 Å². The number of amides is 8. The monoisotopic (exact) mass is 1160 g/mol. The van der Waals surface area contributed by atoms with E-state index < -0.39 is 76.2 Å². The van der Waals surface area contributed by atoms with Crippen molar-refractivity contribution in [2.24, 2.45) is 0 Å². The summed E-state index contributed by atoms with van der Waals surface area (Å²) in [7, 11) is 0. The van der Waals surface area contributed by atoms with Crippen LogP contribution >= 0.6 is 0 Å². The van der Waals surface area contributed by atoms with Crippen molar-refractivity contribution in [2.45, 2.75) is 25.7 Å². The van der Waals surface area contributed by atoms with E-state index in [2.05, 4.69) is 37.2 Å². The van der Waals surface area contributed by atoms with Crippen molar-refractivity contribution in [3.8, 4) is 23.0 Å². The lowest BCUT2D eigenvalue weighted by molar-refractivity contribution is -0.137. The van der Waals surface area contributed by atoms with E-state index in [-0.39, 0.29) is 188 Å². The summed E-state index contributed by atoms with van der Waals surface area (Å²) in [5, 5.41) is 74.8. The first-order valence-corrected chi connectivity index (χ1v) is 28.2. The molecule has 2 atom stereocenters. The molecule has 0 fully saturated rings. The molecule has 4 aliphatic heterocycles. The summed E-state index contributed by atoms with van der Waals surface area (Å²) in [5.74, 6) is -8.45. The normalized spacial score (nSPS) is 21.0. The molecule has 4 heterocycles. The quantitative estimate of drug-likeness (QED) is 0.114. The Balaban J connectivity index is 1.31. The highest BCUT2D eigenvalue weighted by Crippen LogP contribution is 2.27. The van der Waals surface area contributed by atoms with Gasteiger partial charge in [-0.3, -0.25) is 62.8 Å². The molecule has 84 heavy (non-hydrogen) atoms. The van der Waals surface area contributed by atoms with E-state index >= 15 is 0 Å². The third kappa shape index (κ3) is 17.3. The van der Waals surface area contributed by atoms with Gasteiger partial charge in [-0.1, -0.05) is 30.7 Å². The van der Waals surface area contributed by atoms with E-state index in [9.17, 15) is 68.7 Å². The minimum atomic E-state index is -0.967. The number of phenolic OH excluding ortho intramolecular Hbond substituents is 4. The summed E-state index contributed by atoms with van der Waals surface area (Å²) in [6.45, 7) is 2.27. The number of carboxylic acids is 1. The second-order valence-electron chi connectivity index (χ2n) is 20.5. The highest BCUT2D eigenvalue weighted by molar-refractivity contribution is 6.06. The molecule has 4 aromatic carbocycles. The smallest absolute Gasteiger partial charge is 0.303 e. The average Bonchev–Trinajstić information content (AvgIpc) is 2.77. The Morgan fingerprint density at radius 1 is 0.333 bits per heavy atom. The number of aromatic hydroxyl groups is 4. The average molecular weight is 1160 g/mol. The SMILES string of the molecule is O=C(O)CCCCCN1CCN2CCNC(=O)c3cccc(c3O)C(=O)NCCN(CCNC(=O)c3cccc(c3O)C1=O)CCN1CCNC(=O)c3cccc(c3O)C(=O)NCCN(CCNC(=O)c3cccc(c3O)C(=O)NCC1)CC2. The number of nitrogens with one attached hydrogen (secondary N) is 7. The lowest BCUT2D eigenvalue weighted by Crippen LogP contribution is -2.46. The van der Waals surface area contributed by atoms with Crippen LogP contribution in [-0.4, -0.2) is 241 Å². The fourth-order valence-electron chi connectivity index (χ4n) is 10.00. The van der Waals surface area contributed by atoms with Gasteiger partial charge in [-0.05, 0) is 61.4 Å². The molecule has 0 saturated heterocycles. The molecule has 0 spiro atoms. The third-order valence-electron chi connectivity index (χ3n) is 14.8. The number of carboxylic acid groups (broad SMARTS) is 1. The molecule has 0 saturated carbocycles. The Morgan fingerprint density at radius 3 is 0.845 bits per heavy atom. The van der Waals surface area contributed by atoms with Crippen molar-refractivity contribution in [1.29, 1.82) is 0 Å². The van der Waals surface area contributed by atoms with Crippen molar-refractivity contribution in [1.82, 2.24) is 61.7 Å². The molecule has 4 aliphatic rings. The van der Waals surface area contributed by atoms with Crippen LogP contribution in [0.25, 0.3) is 0 Å². The summed E-state index contributed by atoms with van der Waals surface area (Å²) in [4.78, 5) is 132. The Hall–Kier alpha value is -8.85. The van der Waals surface area contributed by atoms with Gasteiger partial charge in [0.2, 0.25) is 0 Å². The highest BCUT2D eigenvalue weighted by atomic mass is 16.4. The summed E-state index contributed by atoms with van der Waals surface area (Å²) >= 11 is 0. The predicted molar refractivity (Wildman–Crippen MR) is 307 cm³/mol. The summed E-state index contributed by atoms with van der Waals surface area (Å²) in [6, 6.07) is 17.0. The largest absolute Gasteiger partial charge is 0.506 e. The number of hydrogen-bond donors (Lipinski definition) is 12. The molecule has 0 radical (unpaired) electrons. The Morgan fingerprint density at radius 2 is 0.571 bits per heavy atom. The number of carbonyl (C=O) groups is 9. The first-order valence-electron chi connectivity index (χ1n) is 28.2. The molecule has 0 aliphatic carbocycles. The number of rotatable bonds is 6. The third-order valence-corrected chi connectivity index (χ3v) is 14.8. The van der Waals surface area contributed by atoms with Crippen LogP contribution in [-0.2, 0) is 4.79 Å². The van der Waals surface area contributed by atoms with Crippen LogP contribution in [0.5, 0.6) is 23.0 Å². The number of benzene rings is 4. The molecule has 0 aromatic heterocycles. The molecule has 26 heteroatoms. The van der Waals surface area contributed by atoms with Crippen LogP contribution in [0.3, 0.4) is 0 Å². The molecule has 2 unspecified atom stereocenters. The van der Waals surface area contributed by atoms with Gasteiger partial charge >= 0.3 is 5.97 Å². The highest BCUT2D eigenvalue weighted by Gasteiger charge is 2.27. The van der Waals surface area contributed by atoms with Crippen molar-refractivity contribution < 1.29 is 68.7 Å². The minimum absolute atomic E-state index is 0.00415. The van der Waals surface area contributed by atoms with Crippen LogP contribution < -0.4 is 37.2 Å². The zero-order valence-corrected chi connectivity index (χ0v) is 46.8. The second kappa shape index (κ2) is 31.0. The van der Waals surface area contributed by atoms with Gasteiger partial charge in [-0.25, -0.2) is 0 Å². The van der Waals surface area contributed by atoms with Crippen LogP contribution in [0.15, 0.2) is 72.8 Å². The lowest BCUT2D eigenvalue weighted by atomic mass is 10.1. The van der Waals surface area contributed by atoms with E-state index in [1.807, 2.05) is 19.6 Å². The number of carbonyl (C=O) groups excluding carboxylic acids is 8. The topological polar surface area (TPSA) is 355 Å². The summed E-state index contributed by atoms with van der Waals surface area (Å²) in [6.07, 6.45) is 1.10. The van der Waals surface area contributed by atoms with Crippen LogP contribution in [0.2, 0.25) is 0 Å². The van der Waals surface area contributed by atoms with Crippen LogP contribution in [0, 0.1) is 0 Å². The van der Waals surface area contributed by atoms with E-state index in [1.54, 1.807) is 0 Å². The number of phenols is 4. The number of fused-ring (bicyclic) bond motifs is 16. The number of nitrogens with zero attached hydrogens (tertiary/aromatic N) is 5. The Labute approximate surface area is 485 Å². The number of aliphatic carboxylic acids is 1. The number of hydrogen-bond acceptors (Lipinski definition) is 17. The maximum absolute atomic E-state index is 14.7. The van der Waals surface area contributed by atoms with E-state index in [0.29, 0.717) is 19.3 Å². The summed E-state index contributed by atoms with van der Waals surface area (Å²) in [5.41, 5.74) is -1.26. The maximum Gasteiger partial charge on any atom is 0.303 e. The van der Waals surface area contributed by atoms with Crippen molar-refractivity contribution in [2.75, 3.05) is 137 Å². The first kappa shape index (κ1) is 62.7. The molecular formula is C58H74N12O14. The van der Waals surface area contributed by atoms with Gasteiger partial charge in [0.05, 0.1) is 44.5 Å². The Kier molecular flexibility index (Phi) is 23.1. The van der Waals surface area contributed by atoms with E-state index in [4.69, 9.17) is 0 Å². The van der Waals surface area contributed by atoms with Gasteiger partial charge in [0.25, 0.3) is 47.3 Å². The molecule has 8 rings (SSSR count). The fourth-order valence-corrected chi connectivity index (χ4v) is 10.00. The molecule has 12 N–H and O–H groups in total. The second-order valence-corrected chi connectivity index (χ2v) is 20.5. The molecule has 4 aromatic rings. The van der Waals surface area contributed by atoms with Gasteiger partial charge in [-0.15, -0.1) is 0 Å². The van der Waals surface area contributed by atoms with Crippen LogP contribution in [0.4, 0.5) is 0 Å². The van der Waals surface area contributed by atoms with E-state index in [1.165, 1.54) is 77.7 Å². The number of unbranched alkanes of at least 4 members (excludes halogenated alkanes) is 2. The van der Waals surface area contributed by atoms with E-state index in [0.717, 1.165) is 0 Å². The summed E-state index contributed by atoms with van der Waals surface area (Å²) < 4.78 is 0. The molecule has 26 nitrogen and oxygen atoms in total. The molecule has 450 valence electrons. The van der Waals surface area contributed by atoms with Gasteiger partial charge in [0.15, 0.2) is 0 Å². The van der Waals surface area contributed by atoms with Crippen molar-refractivity contribution in [3.63, 3.8) is 0 Å². The van der Waals surface area contributed by atoms with Gasteiger partial charge < -0.3 is 67.7 Å². The molecule has 12 bridgehead atoms. The standard InChI is InChI=1S/C58H74N12O14/c71-46(72)16-2-1-3-24-70-37-36-69-31-23-65-56(82)43-13-6-12-42(49(43)75)53(79)61-19-27-67(28-22-64-57(83)44-14-7-15-45(50(44)76)58(70)84)33-32-66-25-17-59-51(77)38-8-4-10-40(47(38)73)54(80)62-20-29-68(34-35-69)30-21-63-55(81)41-11-5-9-39(48(41)74)52(78)60-18-26-66/h4-15,73-76H,1-3,16-37H2,(H,59,77)(H,60,78)(H,61,79)(H,62,80)(H,63,81)(H,64,83)(H,65,82)(H,71,72). The van der Waals surface area contributed by atoms with Crippen LogP contribution in [0.1, 0.15) is 109 Å². The zero-order valence-electron chi connectivity index (χ0n) is 46.8. The predicted octanol–water partition coefficient (Wildman–Crippen LogP) is 0.0542. The minimum Gasteiger partial charge on any atom is -0.506 e. The number of para-hydroxylation sites is 4. The zero-order chi connectivity index (χ0) is 60.1. The van der Waals surface area contributed by atoms with Gasteiger partial charge in [0.1, 0.15) is 23.0 Å². The van der Waals surface area contributed by atoms with Crippen molar-refractivity contribution in [3.05, 3.63) is 117 Å². The maximum atomic E-state index is 14.7. The van der Waals surface area contributed by atoms with Gasteiger partial charge in [0, 0.05) is 144 Å². The fraction of sp³-hybridized carbons (Fsp3) is 0.431.